The number of hydrogen-bond acceptors (Lipinski definition) is 5. The van der Waals surface area contributed by atoms with Crippen LogP contribution in [0.25, 0.3) is 11.0 Å². The van der Waals surface area contributed by atoms with Gasteiger partial charge >= 0.3 is 5.63 Å². The van der Waals surface area contributed by atoms with Crippen molar-refractivity contribution >= 4 is 11.0 Å². The molecule has 0 aliphatic carbocycles. The molecule has 1 unspecified atom stereocenters. The van der Waals surface area contributed by atoms with Crippen LogP contribution < -0.4 is 10.4 Å². The number of hydrogen-bond donors (Lipinski definition) is 1. The average Bonchev–Trinajstić information content (AvgIpc) is 2.54. The van der Waals surface area contributed by atoms with Crippen LogP contribution in [0.3, 0.4) is 0 Å². The van der Waals surface area contributed by atoms with Gasteiger partial charge in [-0.15, -0.1) is 0 Å². The first-order valence-electron chi connectivity index (χ1n) is 7.77. The molecule has 1 N–H and O–H groups in total. The van der Waals surface area contributed by atoms with Gasteiger partial charge in [-0.1, -0.05) is 12.2 Å². The Morgan fingerprint density at radius 2 is 2.08 bits per heavy atom. The van der Waals surface area contributed by atoms with E-state index < -0.39 is 0 Å². The predicted molar refractivity (Wildman–Crippen MR) is 93.3 cm³/mol. The average molecular weight is 330 g/mol. The second kappa shape index (κ2) is 8.47. The first-order chi connectivity index (χ1) is 11.5. The van der Waals surface area contributed by atoms with Gasteiger partial charge in [-0.3, -0.25) is 5.26 Å². The Balaban J connectivity index is 1.90. The monoisotopic (exact) mass is 330 g/mol. The summed E-state index contributed by atoms with van der Waals surface area (Å²) >= 11 is 0. The fourth-order valence-corrected chi connectivity index (χ4v) is 2.26. The largest absolute Gasteiger partial charge is 0.489 e. The van der Waals surface area contributed by atoms with E-state index >= 15 is 0 Å². The predicted octanol–water partition coefficient (Wildman–Crippen LogP) is 4.33. The molecular weight excluding hydrogens is 308 g/mol. The van der Waals surface area contributed by atoms with Crippen LogP contribution in [-0.4, -0.2) is 18.0 Å². The molecule has 1 aromatic carbocycles. The molecule has 0 radical (unpaired) electrons. The van der Waals surface area contributed by atoms with Crippen molar-refractivity contribution in [3.63, 3.8) is 0 Å². The molecule has 1 aromatic heterocycles. The van der Waals surface area contributed by atoms with E-state index in [0.29, 0.717) is 24.4 Å². The number of benzene rings is 1. The van der Waals surface area contributed by atoms with E-state index in [0.717, 1.165) is 23.0 Å². The summed E-state index contributed by atoms with van der Waals surface area (Å²) in [6.45, 7) is 8.00. The lowest BCUT2D eigenvalue weighted by Crippen LogP contribution is -2.11. The summed E-state index contributed by atoms with van der Waals surface area (Å²) in [5, 5.41) is 9.65. The van der Waals surface area contributed by atoms with Crippen molar-refractivity contribution in [1.29, 1.82) is 0 Å². The highest BCUT2D eigenvalue weighted by Crippen LogP contribution is 2.20. The molecule has 1 heterocycles. The van der Waals surface area contributed by atoms with Crippen LogP contribution >= 0.6 is 0 Å². The normalized spacial score (nSPS) is 13.0. The number of allylic oxidation sites excluding steroid dienone is 1. The highest BCUT2D eigenvalue weighted by atomic mass is 17.1. The van der Waals surface area contributed by atoms with E-state index in [1.165, 1.54) is 6.07 Å². The summed E-state index contributed by atoms with van der Waals surface area (Å²) < 4.78 is 10.8. The summed E-state index contributed by atoms with van der Waals surface area (Å²) in [6, 6.07) is 8.50. The van der Waals surface area contributed by atoms with Gasteiger partial charge in [0.15, 0.2) is 0 Å². The Labute approximate surface area is 140 Å². The molecule has 0 spiro atoms. The van der Waals surface area contributed by atoms with Gasteiger partial charge in [0.25, 0.3) is 0 Å². The van der Waals surface area contributed by atoms with Crippen molar-refractivity contribution < 1.29 is 19.3 Å². The quantitative estimate of drug-likeness (QED) is 0.338. The maximum absolute atomic E-state index is 11.2. The second-order valence-electron chi connectivity index (χ2n) is 5.79. The zero-order chi connectivity index (χ0) is 17.5. The minimum atomic E-state index is -0.381. The molecule has 0 bridgehead atoms. The molecule has 1 atom stereocenters. The molecule has 0 aliphatic rings. The van der Waals surface area contributed by atoms with Crippen LogP contribution in [-0.2, 0) is 4.89 Å². The Morgan fingerprint density at radius 3 is 2.79 bits per heavy atom. The first-order valence-corrected chi connectivity index (χ1v) is 7.77. The molecule has 0 fully saturated rings. The Bertz CT molecular complexity index is 788. The fourth-order valence-electron chi connectivity index (χ4n) is 2.26. The van der Waals surface area contributed by atoms with Crippen LogP contribution in [0, 0.1) is 0 Å². The highest BCUT2D eigenvalue weighted by Gasteiger charge is 2.09. The molecule has 0 saturated heterocycles. The molecule has 128 valence electrons. The van der Waals surface area contributed by atoms with Crippen LogP contribution in [0.5, 0.6) is 5.75 Å². The van der Waals surface area contributed by atoms with E-state index in [4.69, 9.17) is 14.4 Å². The summed E-state index contributed by atoms with van der Waals surface area (Å²) in [6.07, 6.45) is 3.05. The number of fused-ring (bicyclic) bond motifs is 1. The lowest BCUT2D eigenvalue weighted by molar-refractivity contribution is -0.269. The maximum Gasteiger partial charge on any atom is 0.336 e. The van der Waals surface area contributed by atoms with Crippen LogP contribution in [0.1, 0.15) is 26.7 Å². The first kappa shape index (κ1) is 18.0. The topological polar surface area (TPSA) is 68.9 Å². The number of ether oxygens (including phenoxy) is 1. The van der Waals surface area contributed by atoms with E-state index in [1.54, 1.807) is 12.1 Å². The SMILES string of the molecule is C=C(C)C(CC/C(C)=C/COc1ccc2ccc(=O)oc2c1)OO. The maximum atomic E-state index is 11.2. The van der Waals surface area contributed by atoms with Gasteiger partial charge in [-0.2, -0.15) is 0 Å². The van der Waals surface area contributed by atoms with E-state index in [1.807, 2.05) is 32.1 Å². The third-order valence-corrected chi connectivity index (χ3v) is 3.75. The Hall–Kier alpha value is -2.37. The third kappa shape index (κ3) is 5.08. The summed E-state index contributed by atoms with van der Waals surface area (Å²) in [5.41, 5.74) is 2.04. The molecule has 0 amide bonds. The molecule has 0 saturated carbocycles. The van der Waals surface area contributed by atoms with Gasteiger partial charge in [0, 0.05) is 17.5 Å². The van der Waals surface area contributed by atoms with Crippen LogP contribution in [0.4, 0.5) is 0 Å². The van der Waals surface area contributed by atoms with Crippen LogP contribution in [0.15, 0.2) is 63.3 Å². The molecule has 2 rings (SSSR count). The molecule has 5 nitrogen and oxygen atoms in total. The lowest BCUT2D eigenvalue weighted by atomic mass is 10.0. The third-order valence-electron chi connectivity index (χ3n) is 3.75. The van der Waals surface area contributed by atoms with Crippen molar-refractivity contribution in [2.45, 2.75) is 32.8 Å². The molecule has 2 aromatic rings. The lowest BCUT2D eigenvalue weighted by Gasteiger charge is -2.13. The summed E-state index contributed by atoms with van der Waals surface area (Å²) in [4.78, 5) is 15.6. The van der Waals surface area contributed by atoms with Crippen molar-refractivity contribution in [2.75, 3.05) is 6.61 Å². The van der Waals surface area contributed by atoms with Crippen molar-refractivity contribution in [2.24, 2.45) is 0 Å². The standard InChI is InChI=1S/C19H22O5/c1-13(2)17(24-21)8-4-14(3)10-11-22-16-7-5-15-6-9-19(20)23-18(15)12-16/h5-7,9-10,12,17,21H,1,4,8,11H2,2-3H3/b14-10+. The fraction of sp³-hybridized carbons (Fsp3) is 0.316. The van der Waals surface area contributed by atoms with Crippen molar-refractivity contribution in [1.82, 2.24) is 0 Å². The Morgan fingerprint density at radius 1 is 1.33 bits per heavy atom. The molecule has 5 heteroatoms. The second-order valence-corrected chi connectivity index (χ2v) is 5.79. The summed E-state index contributed by atoms with van der Waals surface area (Å²) in [5.74, 6) is 0.638. The molecule has 24 heavy (non-hydrogen) atoms. The zero-order valence-electron chi connectivity index (χ0n) is 14.0. The van der Waals surface area contributed by atoms with Crippen LogP contribution in [0.2, 0.25) is 0 Å². The zero-order valence-corrected chi connectivity index (χ0v) is 14.0. The minimum Gasteiger partial charge on any atom is -0.489 e. The van der Waals surface area contributed by atoms with Gasteiger partial charge in [-0.05, 0) is 56.5 Å². The Kier molecular flexibility index (Phi) is 6.35. The highest BCUT2D eigenvalue weighted by molar-refractivity contribution is 5.77. The van der Waals surface area contributed by atoms with Gasteiger partial charge in [-0.25, -0.2) is 9.68 Å². The van der Waals surface area contributed by atoms with E-state index in [9.17, 15) is 4.79 Å². The van der Waals surface area contributed by atoms with Gasteiger partial charge in [0.1, 0.15) is 24.0 Å². The number of rotatable bonds is 8. The molecular formula is C19H22O5. The van der Waals surface area contributed by atoms with Gasteiger partial charge < -0.3 is 9.15 Å². The van der Waals surface area contributed by atoms with Gasteiger partial charge in [0.05, 0.1) is 0 Å². The van der Waals surface area contributed by atoms with Crippen molar-refractivity contribution in [3.05, 3.63) is 64.6 Å². The summed E-state index contributed by atoms with van der Waals surface area (Å²) in [7, 11) is 0. The van der Waals surface area contributed by atoms with E-state index in [-0.39, 0.29) is 11.7 Å². The minimum absolute atomic E-state index is 0.349. The molecule has 0 aliphatic heterocycles. The van der Waals surface area contributed by atoms with Gasteiger partial charge in [0.2, 0.25) is 0 Å². The van der Waals surface area contributed by atoms with E-state index in [2.05, 4.69) is 11.5 Å². The van der Waals surface area contributed by atoms with Crippen molar-refractivity contribution in [3.8, 4) is 5.75 Å². The smallest absolute Gasteiger partial charge is 0.336 e.